The van der Waals surface area contributed by atoms with Crippen molar-refractivity contribution in [3.63, 3.8) is 0 Å². The van der Waals surface area contributed by atoms with Gasteiger partial charge in [0.1, 0.15) is 18.4 Å². The second-order valence-corrected chi connectivity index (χ2v) is 7.99. The van der Waals surface area contributed by atoms with E-state index < -0.39 is 29.6 Å². The first kappa shape index (κ1) is 22.3. The molecule has 1 aromatic heterocycles. The third-order valence-corrected chi connectivity index (χ3v) is 5.73. The largest absolute Gasteiger partial charge is 0.539 e. The van der Waals surface area contributed by atoms with Gasteiger partial charge in [-0.2, -0.15) is 0 Å². The normalized spacial score (nSPS) is 15.9. The summed E-state index contributed by atoms with van der Waals surface area (Å²) in [5, 5.41) is 18.5. The Hall–Kier alpha value is -3.86. The summed E-state index contributed by atoms with van der Waals surface area (Å²) >= 11 is 5.58. The zero-order valence-electron chi connectivity index (χ0n) is 17.8. The van der Waals surface area contributed by atoms with E-state index in [1.807, 2.05) is 19.1 Å². The first-order valence-electron chi connectivity index (χ1n) is 10.0. The van der Waals surface area contributed by atoms with Crippen LogP contribution in [0.25, 0.3) is 0 Å². The number of nitrogens with one attached hydrogen (secondary N) is 1. The van der Waals surface area contributed by atoms with Crippen LogP contribution < -0.4 is 20.0 Å². The van der Waals surface area contributed by atoms with Gasteiger partial charge >= 0.3 is 0 Å². The van der Waals surface area contributed by atoms with Crippen LogP contribution in [0, 0.1) is 12.7 Å². The zero-order chi connectivity index (χ0) is 23.7. The Balaban J connectivity index is 1.62. The number of carbonyl (C=O) groups excluding carboxylic acids is 2. The monoisotopic (exact) mass is 469 g/mol. The van der Waals surface area contributed by atoms with E-state index in [0.717, 1.165) is 5.56 Å². The standard InChI is InChI=1S/C22H20FN5O4S/c1-13-3-9-16(10-4-13)28-20(30)17(11-19(29)24-15-7-5-14(23)6-8-15)27(22(28)33)12-18-21(31)32-25-26(18)2/h3-10,17H,11-12H2,1-2H3,(H-,24,25,29,31). The smallest absolute Gasteiger partial charge is 0.256 e. The maximum absolute atomic E-state index is 13.4. The lowest BCUT2D eigenvalue weighted by Crippen LogP contribution is -2.42. The molecule has 0 radical (unpaired) electrons. The second-order valence-electron chi connectivity index (χ2n) is 7.63. The first-order valence-corrected chi connectivity index (χ1v) is 10.4. The molecule has 0 bridgehead atoms. The summed E-state index contributed by atoms with van der Waals surface area (Å²) in [4.78, 5) is 29.0. The molecule has 3 aromatic rings. The average Bonchev–Trinajstić information content (AvgIpc) is 3.21. The molecular weight excluding hydrogens is 449 g/mol. The number of aryl methyl sites for hydroxylation is 2. The first-order chi connectivity index (χ1) is 15.7. The van der Waals surface area contributed by atoms with Gasteiger partial charge in [0.15, 0.2) is 18.1 Å². The Labute approximate surface area is 194 Å². The van der Waals surface area contributed by atoms with Crippen LogP contribution >= 0.6 is 12.2 Å². The lowest BCUT2D eigenvalue weighted by Gasteiger charge is -2.22. The van der Waals surface area contributed by atoms with Crippen LogP contribution in [0.15, 0.2) is 53.1 Å². The van der Waals surface area contributed by atoms with E-state index in [1.165, 1.54) is 45.8 Å². The quantitative estimate of drug-likeness (QED) is 0.431. The summed E-state index contributed by atoms with van der Waals surface area (Å²) in [6.45, 7) is 1.85. The number of nitrogens with zero attached hydrogens (tertiary/aromatic N) is 4. The molecule has 1 atom stereocenters. The third kappa shape index (κ3) is 4.53. The molecule has 2 amide bonds. The van der Waals surface area contributed by atoms with Gasteiger partial charge in [-0.1, -0.05) is 22.4 Å². The van der Waals surface area contributed by atoms with Crippen LogP contribution in [-0.4, -0.2) is 33.1 Å². The van der Waals surface area contributed by atoms with Crippen molar-refractivity contribution < 1.29 is 28.3 Å². The molecule has 11 heteroatoms. The number of hydrogen-bond acceptors (Lipinski definition) is 6. The molecule has 1 aliphatic heterocycles. The zero-order valence-corrected chi connectivity index (χ0v) is 18.6. The van der Waals surface area contributed by atoms with Gasteiger partial charge in [0.2, 0.25) is 5.91 Å². The van der Waals surface area contributed by atoms with Crippen molar-refractivity contribution in [2.24, 2.45) is 7.05 Å². The lowest BCUT2D eigenvalue weighted by molar-refractivity contribution is -0.746. The van der Waals surface area contributed by atoms with E-state index >= 15 is 0 Å². The molecule has 170 valence electrons. The van der Waals surface area contributed by atoms with Crippen molar-refractivity contribution in [2.75, 3.05) is 10.2 Å². The summed E-state index contributed by atoms with van der Waals surface area (Å²) < 4.78 is 19.1. The predicted molar refractivity (Wildman–Crippen MR) is 117 cm³/mol. The highest BCUT2D eigenvalue weighted by Gasteiger charge is 2.45. The van der Waals surface area contributed by atoms with Gasteiger partial charge < -0.3 is 19.8 Å². The van der Waals surface area contributed by atoms with Gasteiger partial charge in [-0.25, -0.2) is 4.39 Å². The fraction of sp³-hybridized carbons (Fsp3) is 0.227. The van der Waals surface area contributed by atoms with Crippen LogP contribution in [0.1, 0.15) is 17.7 Å². The van der Waals surface area contributed by atoms with Crippen molar-refractivity contribution >= 4 is 40.5 Å². The molecule has 2 aromatic carbocycles. The van der Waals surface area contributed by atoms with Gasteiger partial charge in [0.25, 0.3) is 11.6 Å². The molecule has 9 nitrogen and oxygen atoms in total. The highest BCUT2D eigenvalue weighted by Crippen LogP contribution is 2.29. The molecule has 1 saturated heterocycles. The van der Waals surface area contributed by atoms with Crippen molar-refractivity contribution in [1.82, 2.24) is 10.2 Å². The van der Waals surface area contributed by atoms with Gasteiger partial charge in [-0.15, -0.1) is 0 Å². The number of aromatic nitrogens is 2. The number of amides is 2. The third-order valence-electron chi connectivity index (χ3n) is 5.31. The molecule has 2 heterocycles. The average molecular weight is 469 g/mol. The Morgan fingerprint density at radius 2 is 1.91 bits per heavy atom. The Bertz CT molecular complexity index is 1190. The number of benzene rings is 2. The predicted octanol–water partition coefficient (Wildman–Crippen LogP) is 1.55. The van der Waals surface area contributed by atoms with E-state index in [9.17, 15) is 19.1 Å². The van der Waals surface area contributed by atoms with Crippen molar-refractivity contribution in [1.29, 1.82) is 0 Å². The Kier molecular flexibility index (Phi) is 6.05. The molecule has 0 spiro atoms. The number of halogens is 1. The number of carbonyl (C=O) groups is 2. The topological polar surface area (TPSA) is 106 Å². The lowest BCUT2D eigenvalue weighted by atomic mass is 10.1. The van der Waals surface area contributed by atoms with Gasteiger partial charge in [-0.3, -0.25) is 14.5 Å². The number of anilines is 2. The number of rotatable bonds is 6. The molecule has 1 N–H and O–H groups in total. The number of hydrogen-bond donors (Lipinski definition) is 1. The van der Waals surface area contributed by atoms with Crippen LogP contribution in [0.4, 0.5) is 15.8 Å². The molecule has 0 saturated carbocycles. The highest BCUT2D eigenvalue weighted by atomic mass is 32.1. The SMILES string of the molecule is Cc1ccc(N2C(=O)C(CC(=O)Nc3ccc(F)cc3)N(Cc3c([O-])on[n+]3C)C2=S)cc1. The number of thiocarbonyl (C=S) groups is 1. The van der Waals surface area contributed by atoms with Crippen LogP contribution in [0.3, 0.4) is 0 Å². The van der Waals surface area contributed by atoms with Gasteiger partial charge in [0, 0.05) is 5.69 Å². The molecule has 4 rings (SSSR count). The maximum atomic E-state index is 13.4. The minimum atomic E-state index is -0.964. The summed E-state index contributed by atoms with van der Waals surface area (Å²) in [6.07, 6.45) is -0.234. The summed E-state index contributed by atoms with van der Waals surface area (Å²) in [5.74, 6) is -1.95. The highest BCUT2D eigenvalue weighted by molar-refractivity contribution is 7.80. The molecule has 1 unspecified atom stereocenters. The summed E-state index contributed by atoms with van der Waals surface area (Å²) in [7, 11) is 1.54. The summed E-state index contributed by atoms with van der Waals surface area (Å²) in [6, 6.07) is 11.5. The van der Waals surface area contributed by atoms with Crippen molar-refractivity contribution in [3.8, 4) is 5.95 Å². The molecule has 1 fully saturated rings. The van der Waals surface area contributed by atoms with Gasteiger partial charge in [-0.05, 0) is 55.5 Å². The maximum Gasteiger partial charge on any atom is 0.256 e. The van der Waals surface area contributed by atoms with E-state index in [1.54, 1.807) is 12.1 Å². The Morgan fingerprint density at radius 3 is 2.52 bits per heavy atom. The van der Waals surface area contributed by atoms with Crippen LogP contribution in [0.2, 0.25) is 0 Å². The van der Waals surface area contributed by atoms with E-state index in [2.05, 4.69) is 15.1 Å². The second kappa shape index (κ2) is 8.94. The summed E-state index contributed by atoms with van der Waals surface area (Å²) in [5.41, 5.74) is 2.14. The fourth-order valence-electron chi connectivity index (χ4n) is 3.53. The molecule has 33 heavy (non-hydrogen) atoms. The molecule has 1 aliphatic rings. The minimum Gasteiger partial charge on any atom is -0.539 e. The van der Waals surface area contributed by atoms with Crippen LogP contribution in [0.5, 0.6) is 5.95 Å². The van der Waals surface area contributed by atoms with E-state index in [0.29, 0.717) is 11.4 Å². The van der Waals surface area contributed by atoms with E-state index in [-0.39, 0.29) is 23.8 Å². The van der Waals surface area contributed by atoms with Crippen molar-refractivity contribution in [3.05, 3.63) is 65.6 Å². The molecular formula is C22H20FN5O4S. The minimum absolute atomic E-state index is 0.0692. The molecule has 0 aliphatic carbocycles. The Morgan fingerprint density at radius 1 is 1.24 bits per heavy atom. The van der Waals surface area contributed by atoms with E-state index in [4.69, 9.17) is 12.2 Å². The fourth-order valence-corrected chi connectivity index (χ4v) is 3.91. The van der Waals surface area contributed by atoms with Gasteiger partial charge in [0.05, 0.1) is 17.4 Å². The van der Waals surface area contributed by atoms with Crippen molar-refractivity contribution in [2.45, 2.75) is 25.9 Å². The van der Waals surface area contributed by atoms with Crippen LogP contribution in [-0.2, 0) is 23.2 Å².